The Kier molecular flexibility index (Phi) is 4.53. The molecule has 0 heterocycles. The van der Waals surface area contributed by atoms with E-state index >= 15 is 0 Å². The quantitative estimate of drug-likeness (QED) is 0.299. The Labute approximate surface area is 164 Å². The van der Waals surface area contributed by atoms with Crippen molar-refractivity contribution in [3.05, 3.63) is 23.8 Å². The van der Waals surface area contributed by atoms with Gasteiger partial charge in [0.25, 0.3) is 0 Å². The van der Waals surface area contributed by atoms with Gasteiger partial charge in [0.1, 0.15) is 0 Å². The second kappa shape index (κ2) is 6.55. The lowest BCUT2D eigenvalue weighted by molar-refractivity contribution is 0.190. The van der Waals surface area contributed by atoms with Crippen LogP contribution < -0.4 is 0 Å². The zero-order chi connectivity index (χ0) is 16.3. The number of allylic oxidation sites excluding steroid dienone is 4. The van der Waals surface area contributed by atoms with Gasteiger partial charge in [-0.1, -0.05) is 55.7 Å². The van der Waals surface area contributed by atoms with Gasteiger partial charge in [-0.05, 0) is 99.2 Å². The highest BCUT2D eigenvalue weighted by Crippen LogP contribution is 2.59. The summed E-state index contributed by atoms with van der Waals surface area (Å²) in [5.41, 5.74) is 1.92. The van der Waals surface area contributed by atoms with Crippen molar-refractivity contribution in [1.29, 1.82) is 0 Å². The first-order chi connectivity index (χ1) is 11.7. The van der Waals surface area contributed by atoms with E-state index in [4.69, 9.17) is 0 Å². The monoisotopic (exact) mass is 452 g/mol. The molecule has 4 saturated carbocycles. The molecule has 0 aromatic heterocycles. The SMILES string of the molecule is BrC1CCC2C(C1)C(=CC1CC3C=CC1CC3)C1CC(Br)CCC12. The van der Waals surface area contributed by atoms with Crippen LogP contribution in [0.1, 0.15) is 57.8 Å². The van der Waals surface area contributed by atoms with E-state index in [0.717, 1.165) is 51.1 Å². The van der Waals surface area contributed by atoms with Gasteiger partial charge < -0.3 is 0 Å². The third-order valence-electron chi connectivity index (χ3n) is 8.12. The molecule has 0 N–H and O–H groups in total. The zero-order valence-corrected chi connectivity index (χ0v) is 17.7. The summed E-state index contributed by atoms with van der Waals surface area (Å²) in [6.07, 6.45) is 20.9. The summed E-state index contributed by atoms with van der Waals surface area (Å²) >= 11 is 7.95. The van der Waals surface area contributed by atoms with Crippen molar-refractivity contribution in [2.75, 3.05) is 0 Å². The maximum atomic E-state index is 3.97. The Morgan fingerprint density at radius 3 is 1.92 bits per heavy atom. The number of hydrogen-bond donors (Lipinski definition) is 0. The van der Waals surface area contributed by atoms with Crippen LogP contribution in [-0.4, -0.2) is 9.65 Å². The van der Waals surface area contributed by atoms with Gasteiger partial charge in [-0.25, -0.2) is 0 Å². The Morgan fingerprint density at radius 1 is 0.750 bits per heavy atom. The molecule has 9 atom stereocenters. The lowest BCUT2D eigenvalue weighted by Crippen LogP contribution is -2.28. The molecule has 0 spiro atoms. The van der Waals surface area contributed by atoms with Crippen LogP contribution in [0.2, 0.25) is 0 Å². The predicted octanol–water partition coefficient (Wildman–Crippen LogP) is 6.89. The number of halogens is 2. The molecule has 0 nitrogen and oxygen atoms in total. The molecule has 6 aliphatic rings. The van der Waals surface area contributed by atoms with Gasteiger partial charge in [0.15, 0.2) is 0 Å². The lowest BCUT2D eigenvalue weighted by Gasteiger charge is -2.38. The van der Waals surface area contributed by atoms with Crippen LogP contribution >= 0.6 is 31.9 Å². The van der Waals surface area contributed by atoms with Crippen molar-refractivity contribution in [3.63, 3.8) is 0 Å². The molecule has 2 bridgehead atoms. The molecular formula is C22H30Br2. The molecule has 0 aliphatic heterocycles. The van der Waals surface area contributed by atoms with E-state index in [1.54, 1.807) is 0 Å². The first-order valence-electron chi connectivity index (χ1n) is 10.4. The molecule has 0 aromatic rings. The fraction of sp³-hybridized carbons (Fsp3) is 0.818. The molecule has 6 aliphatic carbocycles. The van der Waals surface area contributed by atoms with Crippen LogP contribution in [-0.2, 0) is 0 Å². The first-order valence-corrected chi connectivity index (χ1v) is 12.2. The Hall–Kier alpha value is 0.440. The van der Waals surface area contributed by atoms with Gasteiger partial charge in [0.2, 0.25) is 0 Å². The molecule has 0 amide bonds. The zero-order valence-electron chi connectivity index (χ0n) is 14.5. The van der Waals surface area contributed by atoms with Gasteiger partial charge in [-0.3, -0.25) is 0 Å². The molecule has 0 radical (unpaired) electrons. The third-order valence-corrected chi connectivity index (χ3v) is 9.78. The van der Waals surface area contributed by atoms with Crippen LogP contribution in [0.25, 0.3) is 0 Å². The second-order valence-electron chi connectivity index (χ2n) is 9.31. The molecule has 24 heavy (non-hydrogen) atoms. The van der Waals surface area contributed by atoms with E-state index < -0.39 is 0 Å². The van der Waals surface area contributed by atoms with E-state index in [2.05, 4.69) is 50.1 Å². The third kappa shape index (κ3) is 2.82. The Balaban J connectivity index is 1.47. The molecule has 9 unspecified atom stereocenters. The highest BCUT2D eigenvalue weighted by Gasteiger charge is 2.50. The van der Waals surface area contributed by atoms with Crippen LogP contribution in [0.15, 0.2) is 23.8 Å². The molecule has 4 fully saturated rings. The maximum absolute atomic E-state index is 3.97. The first kappa shape index (κ1) is 16.6. The molecule has 0 aromatic carbocycles. The summed E-state index contributed by atoms with van der Waals surface area (Å²) in [4.78, 5) is 1.54. The second-order valence-corrected chi connectivity index (χ2v) is 11.9. The number of hydrogen-bond acceptors (Lipinski definition) is 0. The van der Waals surface area contributed by atoms with Crippen LogP contribution in [0.3, 0.4) is 0 Å². The lowest BCUT2D eigenvalue weighted by atomic mass is 9.67. The maximum Gasteiger partial charge on any atom is 0.0151 e. The number of rotatable bonds is 1. The van der Waals surface area contributed by atoms with E-state index in [1.165, 1.54) is 57.8 Å². The Morgan fingerprint density at radius 2 is 1.42 bits per heavy atom. The van der Waals surface area contributed by atoms with Crippen molar-refractivity contribution in [2.45, 2.75) is 67.4 Å². The molecule has 0 saturated heterocycles. The van der Waals surface area contributed by atoms with E-state index in [0.29, 0.717) is 0 Å². The van der Waals surface area contributed by atoms with Crippen LogP contribution in [0.4, 0.5) is 0 Å². The summed E-state index contributed by atoms with van der Waals surface area (Å²) < 4.78 is 0. The van der Waals surface area contributed by atoms with Crippen molar-refractivity contribution in [2.24, 2.45) is 41.4 Å². The highest BCUT2D eigenvalue weighted by molar-refractivity contribution is 9.09. The van der Waals surface area contributed by atoms with Gasteiger partial charge >= 0.3 is 0 Å². The molecule has 6 rings (SSSR count). The van der Waals surface area contributed by atoms with Crippen LogP contribution in [0, 0.1) is 41.4 Å². The van der Waals surface area contributed by atoms with Crippen molar-refractivity contribution in [3.8, 4) is 0 Å². The van der Waals surface area contributed by atoms with Crippen LogP contribution in [0.5, 0.6) is 0 Å². The van der Waals surface area contributed by atoms with Crippen molar-refractivity contribution >= 4 is 31.9 Å². The van der Waals surface area contributed by atoms with Gasteiger partial charge in [-0.2, -0.15) is 0 Å². The van der Waals surface area contributed by atoms with Gasteiger partial charge in [0, 0.05) is 9.65 Å². The number of alkyl halides is 2. The van der Waals surface area contributed by atoms with Gasteiger partial charge in [-0.15, -0.1) is 0 Å². The highest BCUT2D eigenvalue weighted by atomic mass is 79.9. The average molecular weight is 454 g/mol. The van der Waals surface area contributed by atoms with Crippen molar-refractivity contribution < 1.29 is 0 Å². The fourth-order valence-corrected chi connectivity index (χ4v) is 8.35. The normalized spacial score (nSPS) is 52.9. The minimum Gasteiger partial charge on any atom is -0.0890 e. The summed E-state index contributed by atoms with van der Waals surface area (Å²) in [7, 11) is 0. The number of fused-ring (bicyclic) bond motifs is 5. The van der Waals surface area contributed by atoms with Gasteiger partial charge in [0.05, 0.1) is 0 Å². The smallest absolute Gasteiger partial charge is 0.0151 e. The summed E-state index contributed by atoms with van der Waals surface area (Å²) in [6, 6.07) is 0. The minimum absolute atomic E-state index is 0.768. The molecule has 2 heteroatoms. The Bertz CT molecular complexity index is 522. The van der Waals surface area contributed by atoms with E-state index in [-0.39, 0.29) is 0 Å². The topological polar surface area (TPSA) is 0 Å². The average Bonchev–Trinajstić information content (AvgIpc) is 2.89. The summed E-state index contributed by atoms with van der Waals surface area (Å²) in [5.74, 6) is 6.41. The predicted molar refractivity (Wildman–Crippen MR) is 109 cm³/mol. The summed E-state index contributed by atoms with van der Waals surface area (Å²) in [6.45, 7) is 0. The standard InChI is InChI=1S/C22H30Br2/c23-16-5-7-18-19-8-6-17(24)12-22(19)20(21(18)11-16)10-15-9-13-1-3-14(15)4-2-13/h1,3,10,13-19,21-22H,2,4-9,11-12H2. The fourth-order valence-electron chi connectivity index (χ4n) is 7.01. The molecular weight excluding hydrogens is 424 g/mol. The largest absolute Gasteiger partial charge is 0.0890 e. The van der Waals surface area contributed by atoms with Crippen molar-refractivity contribution in [1.82, 2.24) is 0 Å². The van der Waals surface area contributed by atoms with E-state index in [1.807, 2.05) is 5.57 Å². The molecule has 132 valence electrons. The summed E-state index contributed by atoms with van der Waals surface area (Å²) in [5, 5.41) is 0. The van der Waals surface area contributed by atoms with E-state index in [9.17, 15) is 0 Å². The minimum atomic E-state index is 0.768.